The molecule has 3 heteroatoms. The molecule has 2 nitrogen and oxygen atoms in total. The van der Waals surface area contributed by atoms with Crippen molar-refractivity contribution in [3.63, 3.8) is 0 Å². The number of ether oxygens (including phenoxy) is 1. The molecule has 0 aromatic rings. The van der Waals surface area contributed by atoms with E-state index in [-0.39, 0.29) is 43.8 Å². The normalized spacial score (nSPS) is 33.4. The Bertz CT molecular complexity index is 190. The zero-order valence-electron chi connectivity index (χ0n) is 8.92. The van der Waals surface area contributed by atoms with Gasteiger partial charge in [0.15, 0.2) is 0 Å². The molecule has 2 aliphatic carbocycles. The molecule has 0 amide bonds. The minimum atomic E-state index is 0. The molecule has 1 N–H and O–H groups in total. The van der Waals surface area contributed by atoms with Crippen molar-refractivity contribution in [2.75, 3.05) is 6.61 Å². The molecule has 2 fully saturated rings. The third kappa shape index (κ3) is 2.56. The van der Waals surface area contributed by atoms with Crippen molar-refractivity contribution in [3.8, 4) is 0 Å². The molecular formula is C11H18O2U. The Kier molecular flexibility index (Phi) is 4.54. The van der Waals surface area contributed by atoms with Gasteiger partial charge in [0, 0.05) is 6.61 Å². The predicted octanol–water partition coefficient (Wildman–Crippen LogP) is 1.94. The Morgan fingerprint density at radius 1 is 1.50 bits per heavy atom. The van der Waals surface area contributed by atoms with Crippen molar-refractivity contribution in [1.29, 1.82) is 0 Å². The minimum absolute atomic E-state index is 0. The van der Waals surface area contributed by atoms with Crippen LogP contribution in [0.1, 0.15) is 33.1 Å². The van der Waals surface area contributed by atoms with Gasteiger partial charge < -0.3 is 9.84 Å². The molecule has 0 heterocycles. The van der Waals surface area contributed by atoms with Crippen molar-refractivity contribution in [2.24, 2.45) is 11.3 Å². The monoisotopic (exact) mass is 420 g/mol. The van der Waals surface area contributed by atoms with Crippen LogP contribution in [-0.2, 0) is 4.74 Å². The summed E-state index contributed by atoms with van der Waals surface area (Å²) in [7, 11) is 0. The van der Waals surface area contributed by atoms with Crippen LogP contribution in [0.2, 0.25) is 0 Å². The third-order valence-corrected chi connectivity index (χ3v) is 3.21. The zero-order chi connectivity index (χ0) is 9.47. The first-order valence-corrected chi connectivity index (χ1v) is 5.09. The molecule has 0 bridgehead atoms. The van der Waals surface area contributed by atoms with Crippen LogP contribution in [0.25, 0.3) is 0 Å². The topological polar surface area (TPSA) is 29.5 Å². The SMILES string of the molecule is C[C-](C)O[C@@H]1[CH-]C(CO)CC12CC2.[U+2]. The summed E-state index contributed by atoms with van der Waals surface area (Å²) in [6.45, 7) is 4.27. The molecular weight excluding hydrogens is 402 g/mol. The average Bonchev–Trinajstić information content (AvgIpc) is 2.73. The Hall–Kier alpha value is 0.972. The summed E-state index contributed by atoms with van der Waals surface area (Å²) in [5, 5.41) is 9.08. The van der Waals surface area contributed by atoms with E-state index in [2.05, 4.69) is 6.42 Å². The first-order valence-electron chi connectivity index (χ1n) is 5.09. The first kappa shape index (κ1) is 13.0. The minimum Gasteiger partial charge on any atom is -0.571 e. The molecule has 0 aromatic carbocycles. The van der Waals surface area contributed by atoms with Crippen molar-refractivity contribution < 1.29 is 41.0 Å². The van der Waals surface area contributed by atoms with Gasteiger partial charge in [-0.05, 0) is 18.3 Å². The van der Waals surface area contributed by atoms with Crippen LogP contribution in [0.3, 0.4) is 0 Å². The van der Waals surface area contributed by atoms with Gasteiger partial charge in [-0.1, -0.05) is 12.5 Å². The van der Waals surface area contributed by atoms with E-state index in [1.165, 1.54) is 12.8 Å². The van der Waals surface area contributed by atoms with Crippen LogP contribution in [0.15, 0.2) is 0 Å². The van der Waals surface area contributed by atoms with Crippen LogP contribution >= 0.6 is 0 Å². The van der Waals surface area contributed by atoms with Gasteiger partial charge in [0.1, 0.15) is 0 Å². The molecule has 14 heavy (non-hydrogen) atoms. The van der Waals surface area contributed by atoms with E-state index < -0.39 is 0 Å². The molecule has 0 aliphatic heterocycles. The fourth-order valence-corrected chi connectivity index (χ4v) is 2.35. The van der Waals surface area contributed by atoms with E-state index in [0.29, 0.717) is 11.3 Å². The van der Waals surface area contributed by atoms with E-state index in [1.54, 1.807) is 0 Å². The Balaban J connectivity index is 0.000000980. The smallest absolute Gasteiger partial charge is 0.571 e. The predicted molar refractivity (Wildman–Crippen MR) is 50.6 cm³/mol. The molecule has 0 aromatic heterocycles. The van der Waals surface area contributed by atoms with E-state index in [0.717, 1.165) is 12.5 Å². The van der Waals surface area contributed by atoms with E-state index in [1.807, 2.05) is 13.8 Å². The number of hydrogen-bond acceptors (Lipinski definition) is 2. The second-order valence-corrected chi connectivity index (χ2v) is 4.65. The van der Waals surface area contributed by atoms with Crippen molar-refractivity contribution in [3.05, 3.63) is 12.5 Å². The van der Waals surface area contributed by atoms with Gasteiger partial charge in [-0.25, -0.2) is 6.10 Å². The molecule has 0 saturated heterocycles. The summed E-state index contributed by atoms with van der Waals surface area (Å²) in [6.07, 6.45) is 7.18. The van der Waals surface area contributed by atoms with Crippen molar-refractivity contribution >= 4 is 0 Å². The third-order valence-electron chi connectivity index (χ3n) is 3.21. The molecule has 1 spiro atoms. The Morgan fingerprint density at radius 3 is 2.57 bits per heavy atom. The fraction of sp³-hybridized carbons (Fsp3) is 0.818. The largest absolute Gasteiger partial charge is 2.00 e. The van der Waals surface area contributed by atoms with Gasteiger partial charge in [0.2, 0.25) is 0 Å². The molecule has 1 unspecified atom stereocenters. The number of aliphatic hydroxyl groups is 1. The maximum absolute atomic E-state index is 9.08. The van der Waals surface area contributed by atoms with Crippen molar-refractivity contribution in [1.82, 2.24) is 0 Å². The van der Waals surface area contributed by atoms with Gasteiger partial charge in [-0.3, -0.25) is 6.42 Å². The molecule has 2 rings (SSSR count). The Labute approximate surface area is 110 Å². The van der Waals surface area contributed by atoms with Crippen LogP contribution in [0.4, 0.5) is 0 Å². The first-order chi connectivity index (χ1) is 6.16. The summed E-state index contributed by atoms with van der Waals surface area (Å²) in [5.41, 5.74) is 0.407. The second kappa shape index (κ2) is 4.87. The van der Waals surface area contributed by atoms with Crippen molar-refractivity contribution in [2.45, 2.75) is 39.2 Å². The van der Waals surface area contributed by atoms with Crippen LogP contribution in [-0.4, -0.2) is 17.8 Å². The van der Waals surface area contributed by atoms with Crippen LogP contribution < -0.4 is 0 Å². The molecule has 2 atom stereocenters. The summed E-state index contributed by atoms with van der Waals surface area (Å²) < 4.78 is 5.77. The molecule has 0 radical (unpaired) electrons. The quantitative estimate of drug-likeness (QED) is 0.708. The molecule has 2 saturated carbocycles. The van der Waals surface area contributed by atoms with Crippen LogP contribution in [0.5, 0.6) is 0 Å². The summed E-state index contributed by atoms with van der Waals surface area (Å²) in [5.74, 6) is 0.367. The van der Waals surface area contributed by atoms with Gasteiger partial charge in [-0.2, -0.15) is 13.8 Å². The number of rotatable bonds is 3. The van der Waals surface area contributed by atoms with Crippen LogP contribution in [0, 0.1) is 55.0 Å². The maximum atomic E-state index is 9.08. The Morgan fingerprint density at radius 2 is 2.14 bits per heavy atom. The van der Waals surface area contributed by atoms with E-state index in [4.69, 9.17) is 9.84 Å². The molecule has 2 aliphatic rings. The average molecular weight is 420 g/mol. The number of hydrogen-bond donors (Lipinski definition) is 1. The number of aliphatic hydroxyl groups excluding tert-OH is 1. The van der Waals surface area contributed by atoms with E-state index in [9.17, 15) is 0 Å². The standard InChI is InChI=1S/C11H18O2.U/c1-8(2)13-10-5-9(7-12)6-11(10)3-4-11;/h5,9-10,12H,3-4,6-7H2,1-2H3;/q-2;+2/t9?,10-;/m1./s1. The second-order valence-electron chi connectivity index (χ2n) is 4.65. The fourth-order valence-electron chi connectivity index (χ4n) is 2.35. The van der Waals surface area contributed by atoms with Gasteiger partial charge in [0.25, 0.3) is 0 Å². The summed E-state index contributed by atoms with van der Waals surface area (Å²) in [6, 6.07) is 0. The zero-order valence-corrected chi connectivity index (χ0v) is 13.1. The maximum Gasteiger partial charge on any atom is 2.00 e. The molecule has 78 valence electrons. The summed E-state index contributed by atoms with van der Waals surface area (Å²) in [4.78, 5) is 0. The van der Waals surface area contributed by atoms with Gasteiger partial charge in [-0.15, -0.1) is 5.92 Å². The van der Waals surface area contributed by atoms with E-state index >= 15 is 0 Å². The van der Waals surface area contributed by atoms with Gasteiger partial charge in [0.05, 0.1) is 0 Å². The summed E-state index contributed by atoms with van der Waals surface area (Å²) >= 11 is 0. The van der Waals surface area contributed by atoms with Gasteiger partial charge >= 0.3 is 31.1 Å².